The molecule has 4 unspecified atom stereocenters. The van der Waals surface area contributed by atoms with E-state index in [1.165, 1.54) is 6.07 Å². The van der Waals surface area contributed by atoms with E-state index < -0.39 is 17.7 Å². The summed E-state index contributed by atoms with van der Waals surface area (Å²) < 4.78 is 37.5. The van der Waals surface area contributed by atoms with Gasteiger partial charge in [-0.05, 0) is 68.2 Å². The zero-order chi connectivity index (χ0) is 27.9. The third-order valence-electron chi connectivity index (χ3n) is 9.75. The summed E-state index contributed by atoms with van der Waals surface area (Å²) in [5.74, 6) is 0.478. The van der Waals surface area contributed by atoms with Crippen LogP contribution in [0.15, 0.2) is 24.4 Å². The maximum absolute atomic E-state index is 16.6. The fourth-order valence-corrected chi connectivity index (χ4v) is 8.12. The second kappa shape index (κ2) is 9.73. The van der Waals surface area contributed by atoms with Crippen LogP contribution in [0.4, 0.5) is 14.6 Å². The maximum Gasteiger partial charge on any atom is 0.157 e. The number of phenols is 1. The quantitative estimate of drug-likeness (QED) is 0.389. The number of rotatable bonds is 6. The Morgan fingerprint density at radius 3 is 2.68 bits per heavy atom. The molecule has 1 aliphatic carbocycles. The molecule has 0 radical (unpaired) electrons. The summed E-state index contributed by atoms with van der Waals surface area (Å²) in [6, 6.07) is 5.60. The van der Waals surface area contributed by atoms with Crippen molar-refractivity contribution in [1.29, 1.82) is 0 Å². The fraction of sp³-hybridized carbons (Fsp3) is 0.548. The van der Waals surface area contributed by atoms with Gasteiger partial charge in [-0.3, -0.25) is 9.88 Å². The molecule has 8 rings (SSSR count). The third kappa shape index (κ3) is 4.47. The van der Waals surface area contributed by atoms with E-state index in [1.54, 1.807) is 18.3 Å². The van der Waals surface area contributed by atoms with E-state index in [9.17, 15) is 9.50 Å². The number of piperazine rings is 1. The van der Waals surface area contributed by atoms with Gasteiger partial charge in [0.05, 0.1) is 12.3 Å². The highest BCUT2D eigenvalue weighted by Gasteiger charge is 2.50. The first-order chi connectivity index (χ1) is 19.9. The van der Waals surface area contributed by atoms with Crippen LogP contribution in [-0.2, 0) is 11.3 Å². The largest absolute Gasteiger partial charge is 0.508 e. The van der Waals surface area contributed by atoms with E-state index in [0.717, 1.165) is 63.7 Å². The molecular formula is C31H34ClF2N5O2. The first-order valence-corrected chi connectivity index (χ1v) is 15.3. The molecule has 4 saturated heterocycles. The lowest BCUT2D eigenvalue weighted by Crippen LogP contribution is -2.51. The predicted molar refractivity (Wildman–Crippen MR) is 154 cm³/mol. The number of aromatic hydroxyl groups is 1. The lowest BCUT2D eigenvalue weighted by atomic mass is 9.97. The molecule has 4 atom stereocenters. The van der Waals surface area contributed by atoms with Gasteiger partial charge in [0, 0.05) is 72.2 Å². The van der Waals surface area contributed by atoms with E-state index in [-0.39, 0.29) is 24.0 Å². The number of pyridine rings is 2. The Labute approximate surface area is 242 Å². The normalized spacial score (nSPS) is 29.5. The van der Waals surface area contributed by atoms with Gasteiger partial charge < -0.3 is 20.1 Å². The molecule has 4 aliphatic heterocycles. The van der Waals surface area contributed by atoms with Crippen LogP contribution in [0.25, 0.3) is 22.0 Å². The Morgan fingerprint density at radius 2 is 1.90 bits per heavy atom. The van der Waals surface area contributed by atoms with E-state index in [0.29, 0.717) is 57.9 Å². The second-order valence-electron chi connectivity index (χ2n) is 12.6. The first kappa shape index (κ1) is 26.1. The third-order valence-corrected chi connectivity index (χ3v) is 10.1. The van der Waals surface area contributed by atoms with Crippen LogP contribution in [0.3, 0.4) is 0 Å². The van der Waals surface area contributed by atoms with Crippen molar-refractivity contribution in [3.05, 3.63) is 46.5 Å². The van der Waals surface area contributed by atoms with Crippen molar-refractivity contribution in [1.82, 2.24) is 20.2 Å². The van der Waals surface area contributed by atoms with E-state index >= 15 is 4.39 Å². The van der Waals surface area contributed by atoms with Crippen LogP contribution in [0, 0.1) is 5.82 Å². The summed E-state index contributed by atoms with van der Waals surface area (Å²) in [5, 5.41) is 15.5. The number of nitrogens with zero attached hydrogens (tertiary/aromatic N) is 4. The molecule has 216 valence electrons. The van der Waals surface area contributed by atoms with Crippen LogP contribution in [-0.4, -0.2) is 70.1 Å². The van der Waals surface area contributed by atoms with Crippen molar-refractivity contribution in [3.63, 3.8) is 0 Å². The number of ether oxygens (including phenoxy) is 1. The molecule has 2 N–H and O–H groups in total. The Kier molecular flexibility index (Phi) is 6.18. The van der Waals surface area contributed by atoms with Gasteiger partial charge in [0.2, 0.25) is 0 Å². The lowest BCUT2D eigenvalue weighted by molar-refractivity contribution is -0.124. The zero-order valence-corrected chi connectivity index (χ0v) is 23.6. The van der Waals surface area contributed by atoms with Gasteiger partial charge in [-0.15, -0.1) is 0 Å². The number of benzene rings is 1. The van der Waals surface area contributed by atoms with Gasteiger partial charge in [0.25, 0.3) is 0 Å². The van der Waals surface area contributed by atoms with Gasteiger partial charge in [-0.25, -0.2) is 13.8 Å². The first-order valence-electron chi connectivity index (χ1n) is 14.9. The van der Waals surface area contributed by atoms with Crippen LogP contribution in [0.1, 0.15) is 62.1 Å². The Hall–Kier alpha value is -2.59. The van der Waals surface area contributed by atoms with Crippen molar-refractivity contribution in [2.45, 2.75) is 81.5 Å². The summed E-state index contributed by atoms with van der Waals surface area (Å²) in [5.41, 5.74) is 1.57. The van der Waals surface area contributed by atoms with Gasteiger partial charge >= 0.3 is 0 Å². The molecule has 0 amide bonds. The SMILES string of the molecule is Oc1cc(Cl)c(C2CC2)c(-c2ncc3c(N4CC5CCC(C4)N5)nc(COC45CCCN4CC(F)C5)cc3c2F)c1. The second-order valence-corrected chi connectivity index (χ2v) is 13.0. The van der Waals surface area contributed by atoms with E-state index in [4.69, 9.17) is 21.3 Å². The number of alkyl halides is 1. The monoisotopic (exact) mass is 581 g/mol. The number of hydrogen-bond acceptors (Lipinski definition) is 7. The molecule has 10 heteroatoms. The average Bonchev–Trinajstić information content (AvgIpc) is 3.52. The Morgan fingerprint density at radius 1 is 1.10 bits per heavy atom. The van der Waals surface area contributed by atoms with Crippen molar-refractivity contribution in [3.8, 4) is 17.0 Å². The van der Waals surface area contributed by atoms with Gasteiger partial charge in [-0.1, -0.05) is 11.6 Å². The molecule has 1 saturated carbocycles. The summed E-state index contributed by atoms with van der Waals surface area (Å²) in [7, 11) is 0. The molecule has 7 nitrogen and oxygen atoms in total. The van der Waals surface area contributed by atoms with Gasteiger partial charge in [-0.2, -0.15) is 0 Å². The average molecular weight is 582 g/mol. The highest BCUT2D eigenvalue weighted by molar-refractivity contribution is 6.32. The summed E-state index contributed by atoms with van der Waals surface area (Å²) in [6.07, 6.45) is 7.13. The zero-order valence-electron chi connectivity index (χ0n) is 22.9. The molecule has 2 aromatic heterocycles. The van der Waals surface area contributed by atoms with Crippen molar-refractivity contribution in [2.24, 2.45) is 0 Å². The molecule has 1 aromatic carbocycles. The lowest BCUT2D eigenvalue weighted by Gasteiger charge is -2.35. The van der Waals surface area contributed by atoms with Gasteiger partial charge in [0.15, 0.2) is 5.82 Å². The molecular weight excluding hydrogens is 548 g/mol. The molecule has 6 heterocycles. The number of phenolic OH excluding ortho intramolecular Hbond substituents is 1. The fourth-order valence-electron chi connectivity index (χ4n) is 7.75. The van der Waals surface area contributed by atoms with Crippen LogP contribution in [0.2, 0.25) is 5.02 Å². The summed E-state index contributed by atoms with van der Waals surface area (Å²) in [6.45, 7) is 3.00. The van der Waals surface area contributed by atoms with E-state index in [1.807, 2.05) is 0 Å². The smallest absolute Gasteiger partial charge is 0.157 e. The maximum atomic E-state index is 16.6. The molecule has 5 aliphatic rings. The molecule has 2 bridgehead atoms. The number of nitrogens with one attached hydrogen (secondary N) is 1. The highest BCUT2D eigenvalue weighted by Crippen LogP contribution is 2.49. The molecule has 3 aromatic rings. The summed E-state index contributed by atoms with van der Waals surface area (Å²) >= 11 is 6.55. The number of halogens is 3. The van der Waals surface area contributed by atoms with Crippen LogP contribution >= 0.6 is 11.6 Å². The van der Waals surface area contributed by atoms with Crippen molar-refractivity contribution in [2.75, 3.05) is 31.1 Å². The highest BCUT2D eigenvalue weighted by atomic mass is 35.5. The summed E-state index contributed by atoms with van der Waals surface area (Å²) in [4.78, 5) is 14.0. The molecule has 0 spiro atoms. The van der Waals surface area contributed by atoms with Crippen LogP contribution in [0.5, 0.6) is 5.75 Å². The minimum absolute atomic E-state index is 0.0143. The minimum atomic E-state index is -0.896. The van der Waals surface area contributed by atoms with Crippen molar-refractivity contribution < 1.29 is 18.6 Å². The number of anilines is 1. The Balaban J connectivity index is 1.23. The number of fused-ring (bicyclic) bond motifs is 4. The van der Waals surface area contributed by atoms with Gasteiger partial charge in [0.1, 0.15) is 29.2 Å². The number of aromatic nitrogens is 2. The van der Waals surface area contributed by atoms with E-state index in [2.05, 4.69) is 20.1 Å². The minimum Gasteiger partial charge on any atom is -0.508 e. The van der Waals surface area contributed by atoms with Crippen molar-refractivity contribution >= 4 is 28.2 Å². The number of hydrogen-bond donors (Lipinski definition) is 2. The Bertz CT molecular complexity index is 1520. The standard InChI is InChI=1S/C31H34ClF2N5O2/c32-26-10-22(40)9-24(27(26)17-2-3-17)29-28(34)23-8-21(16-41-31-6-1-7-39(31)13-18(33)11-31)37-30(25(23)12-35-29)38-14-19-4-5-20(15-38)36-19/h8-10,12,17-20,36,40H,1-7,11,13-16H2. The topological polar surface area (TPSA) is 73.8 Å². The van der Waals surface area contributed by atoms with Crippen LogP contribution < -0.4 is 10.2 Å². The molecule has 5 fully saturated rings. The predicted octanol–water partition coefficient (Wildman–Crippen LogP) is 5.66. The molecule has 41 heavy (non-hydrogen) atoms.